The predicted molar refractivity (Wildman–Crippen MR) is 73.0 cm³/mol. The summed E-state index contributed by atoms with van der Waals surface area (Å²) in [5.74, 6) is -2.34. The Kier molecular flexibility index (Phi) is 10.1. The maximum Gasteiger partial charge on any atom is 0.734 e. The third-order valence-corrected chi connectivity index (χ3v) is 4.19. The Balaban J connectivity index is 0. The molecular weight excluding hydrogens is 304 g/mol. The van der Waals surface area contributed by atoms with Gasteiger partial charge in [-0.2, -0.15) is 0 Å². The van der Waals surface area contributed by atoms with Gasteiger partial charge in [-0.1, -0.05) is 6.58 Å². The van der Waals surface area contributed by atoms with Crippen LogP contribution in [0.3, 0.4) is 0 Å². The van der Waals surface area contributed by atoms with Crippen LogP contribution in [0.4, 0.5) is 0 Å². The molecule has 8 nitrogen and oxygen atoms in total. The van der Waals surface area contributed by atoms with Crippen LogP contribution < -0.4 is 0 Å². The van der Waals surface area contributed by atoms with E-state index in [1.807, 2.05) is 0 Å². The fourth-order valence-corrected chi connectivity index (χ4v) is 2.37. The summed E-state index contributed by atoms with van der Waals surface area (Å²) in [5, 5.41) is 0. The molecule has 0 spiro atoms. The van der Waals surface area contributed by atoms with E-state index in [-0.39, 0.29) is 5.97 Å². The molecular formula is C10H18O8Si2. The lowest BCUT2D eigenvalue weighted by molar-refractivity contribution is -0.147. The van der Waals surface area contributed by atoms with Crippen molar-refractivity contribution in [3.63, 3.8) is 0 Å². The number of hydrogen-bond acceptors (Lipinski definition) is 8. The Hall–Kier alpha value is -1.95. The molecule has 0 atom stereocenters. The highest BCUT2D eigenvalue weighted by Gasteiger charge is 2.48. The van der Waals surface area contributed by atoms with Crippen molar-refractivity contribution in [3.05, 3.63) is 12.3 Å². The summed E-state index contributed by atoms with van der Waals surface area (Å²) in [7, 11) is -3.22. The molecule has 0 saturated carbocycles. The number of rotatable bonds is 4. The number of carbonyl (C=O) groups excluding carboxylic acids is 4. The van der Waals surface area contributed by atoms with E-state index in [0.717, 1.165) is 26.5 Å². The molecule has 114 valence electrons. The lowest BCUT2D eigenvalue weighted by Gasteiger charge is -2.22. The van der Waals surface area contributed by atoms with Crippen molar-refractivity contribution in [1.82, 2.24) is 0 Å². The highest BCUT2D eigenvalue weighted by atomic mass is 28.4. The van der Waals surface area contributed by atoms with Crippen molar-refractivity contribution >= 4 is 43.2 Å². The lowest BCUT2D eigenvalue weighted by Crippen LogP contribution is -2.47. The fraction of sp³-hybridized carbons (Fsp3) is 0.400. The minimum atomic E-state index is -3.74. The fourth-order valence-electron chi connectivity index (χ4n) is 0.789. The summed E-state index contributed by atoms with van der Waals surface area (Å²) >= 11 is 0. The monoisotopic (exact) mass is 322 g/mol. The smallest absolute Gasteiger partial charge is 0.529 e. The summed E-state index contributed by atoms with van der Waals surface area (Å²) in [6, 6.07) is 0. The first kappa shape index (κ1) is 20.4. The minimum Gasteiger partial charge on any atom is -0.529 e. The van der Waals surface area contributed by atoms with E-state index >= 15 is 0 Å². The molecule has 0 radical (unpaired) electrons. The first-order valence-corrected chi connectivity index (χ1v) is 7.97. The van der Waals surface area contributed by atoms with E-state index < -0.39 is 26.7 Å². The van der Waals surface area contributed by atoms with Gasteiger partial charge in [0, 0.05) is 33.4 Å². The summed E-state index contributed by atoms with van der Waals surface area (Å²) in [5.41, 5.74) is 1.04. The zero-order valence-electron chi connectivity index (χ0n) is 12.1. The Morgan fingerprint density at radius 1 is 0.850 bits per heavy atom. The molecule has 0 amide bonds. The average Bonchev–Trinajstić information content (AvgIpc) is 2.26. The topological polar surface area (TPSA) is 105 Å². The zero-order valence-corrected chi connectivity index (χ0v) is 15.1. The molecule has 0 N–H and O–H groups in total. The molecule has 0 aromatic heterocycles. The normalized spacial score (nSPS) is 9.40. The van der Waals surface area contributed by atoms with Crippen molar-refractivity contribution < 1.29 is 36.9 Å². The third kappa shape index (κ3) is 11.2. The molecule has 0 aliphatic rings. The Morgan fingerprint density at radius 2 is 1.10 bits per heavy atom. The molecule has 10 heteroatoms. The van der Waals surface area contributed by atoms with Crippen LogP contribution in [0, 0.1) is 0 Å². The van der Waals surface area contributed by atoms with Crippen LogP contribution >= 0.6 is 0 Å². The van der Waals surface area contributed by atoms with Crippen molar-refractivity contribution in [1.29, 1.82) is 0 Å². The van der Waals surface area contributed by atoms with Crippen molar-refractivity contribution in [2.75, 3.05) is 0 Å². The largest absolute Gasteiger partial charge is 0.734 e. The first-order valence-electron chi connectivity index (χ1n) is 5.35. The van der Waals surface area contributed by atoms with E-state index in [1.54, 1.807) is 0 Å². The van der Waals surface area contributed by atoms with Crippen LogP contribution in [0.15, 0.2) is 12.3 Å². The maximum atomic E-state index is 10.8. The van der Waals surface area contributed by atoms with Gasteiger partial charge in [-0.15, -0.1) is 0 Å². The molecule has 20 heavy (non-hydrogen) atoms. The highest BCUT2D eigenvalue weighted by molar-refractivity contribution is 6.70. The summed E-state index contributed by atoms with van der Waals surface area (Å²) in [6.07, 6.45) is 0. The van der Waals surface area contributed by atoms with Gasteiger partial charge >= 0.3 is 8.80 Å². The second-order valence-corrected chi connectivity index (χ2v) is 5.92. The van der Waals surface area contributed by atoms with Crippen LogP contribution in [0.25, 0.3) is 0 Å². The molecule has 0 saturated heterocycles. The second-order valence-electron chi connectivity index (χ2n) is 3.28. The summed E-state index contributed by atoms with van der Waals surface area (Å²) in [4.78, 5) is 41.9. The van der Waals surface area contributed by atoms with Gasteiger partial charge in [-0.3, -0.25) is 19.2 Å². The van der Waals surface area contributed by atoms with Crippen molar-refractivity contribution in [2.24, 2.45) is 0 Å². The molecule has 0 aliphatic heterocycles. The maximum absolute atomic E-state index is 10.8. The predicted octanol–water partition coefficient (Wildman–Crippen LogP) is -0.830. The minimum absolute atomic E-state index is 0.184. The second kappa shape index (κ2) is 9.92. The standard InChI is InChI=1S/C8H12O6Si.C2H6O2Si/c1-5-15(12-6(2)9,13-7(3)10)14-8(4)11;1-2(3)4-5/h5H,1H2,2-4H3;1,5H3. The Labute approximate surface area is 120 Å². The molecule has 0 unspecified atom stereocenters. The van der Waals surface area contributed by atoms with Gasteiger partial charge in [-0.05, 0) is 0 Å². The number of hydrogen-bond donors (Lipinski definition) is 0. The van der Waals surface area contributed by atoms with Crippen LogP contribution in [0.2, 0.25) is 0 Å². The van der Waals surface area contributed by atoms with Crippen LogP contribution in [0.1, 0.15) is 27.7 Å². The van der Waals surface area contributed by atoms with Crippen molar-refractivity contribution in [2.45, 2.75) is 27.7 Å². The Bertz CT molecular complexity index is 352. The molecule has 0 fully saturated rings. The summed E-state index contributed by atoms with van der Waals surface area (Å²) in [6.45, 7) is 8.05. The van der Waals surface area contributed by atoms with E-state index in [4.69, 9.17) is 13.3 Å². The van der Waals surface area contributed by atoms with Crippen LogP contribution in [0.5, 0.6) is 0 Å². The molecule has 0 aromatic carbocycles. The zero-order chi connectivity index (χ0) is 16.3. The average molecular weight is 322 g/mol. The Morgan fingerprint density at radius 3 is 1.20 bits per heavy atom. The van der Waals surface area contributed by atoms with E-state index in [9.17, 15) is 19.2 Å². The van der Waals surface area contributed by atoms with E-state index in [0.29, 0.717) is 10.5 Å². The van der Waals surface area contributed by atoms with Gasteiger partial charge in [0.2, 0.25) is 10.5 Å². The quantitative estimate of drug-likeness (QED) is 0.618. The van der Waals surface area contributed by atoms with Gasteiger partial charge in [-0.25, -0.2) is 0 Å². The number of carbonyl (C=O) groups is 4. The molecule has 0 rings (SSSR count). The molecule has 0 bridgehead atoms. The third-order valence-electron chi connectivity index (χ3n) is 1.40. The van der Waals surface area contributed by atoms with Gasteiger partial charge in [0.05, 0.1) is 0 Å². The highest BCUT2D eigenvalue weighted by Crippen LogP contribution is 2.12. The SMILES string of the molecule is C=C[Si](OC(C)=O)(OC(C)=O)OC(C)=O.CC(=O)O[SiH3]. The van der Waals surface area contributed by atoms with E-state index in [2.05, 4.69) is 11.0 Å². The van der Waals surface area contributed by atoms with Gasteiger partial charge < -0.3 is 17.7 Å². The van der Waals surface area contributed by atoms with Crippen LogP contribution in [-0.4, -0.2) is 43.2 Å². The van der Waals surface area contributed by atoms with Crippen LogP contribution in [-0.2, 0) is 36.9 Å². The van der Waals surface area contributed by atoms with E-state index in [1.165, 1.54) is 6.92 Å². The summed E-state index contributed by atoms with van der Waals surface area (Å²) < 4.78 is 18.4. The first-order chi connectivity index (χ1) is 9.08. The molecule has 0 aliphatic carbocycles. The van der Waals surface area contributed by atoms with Gasteiger partial charge in [0.25, 0.3) is 23.9 Å². The lowest BCUT2D eigenvalue weighted by atomic mass is 10.9. The molecule has 0 heterocycles. The molecule has 0 aromatic rings. The van der Waals surface area contributed by atoms with Gasteiger partial charge in [0.15, 0.2) is 0 Å². The van der Waals surface area contributed by atoms with Crippen molar-refractivity contribution in [3.8, 4) is 0 Å². The van der Waals surface area contributed by atoms with Gasteiger partial charge in [0.1, 0.15) is 0 Å².